The fourth-order valence-corrected chi connectivity index (χ4v) is 2.97. The zero-order valence-corrected chi connectivity index (χ0v) is 11.3. The quantitative estimate of drug-likeness (QED) is 0.926. The van der Waals surface area contributed by atoms with Gasteiger partial charge >= 0.3 is 6.09 Å². The summed E-state index contributed by atoms with van der Waals surface area (Å²) < 4.78 is 4.92. The van der Waals surface area contributed by atoms with Crippen molar-refractivity contribution in [1.82, 2.24) is 0 Å². The van der Waals surface area contributed by atoms with Gasteiger partial charge in [-0.05, 0) is 24.5 Å². The molecule has 1 amide bonds. The molecule has 102 valence electrons. The minimum Gasteiger partial charge on any atom is -0.448 e. The van der Waals surface area contributed by atoms with Gasteiger partial charge in [0.15, 0.2) is 0 Å². The van der Waals surface area contributed by atoms with Gasteiger partial charge in [0.05, 0.1) is 5.41 Å². The van der Waals surface area contributed by atoms with Gasteiger partial charge in [-0.1, -0.05) is 36.2 Å². The second-order valence-corrected chi connectivity index (χ2v) is 5.21. The maximum absolute atomic E-state index is 12.4. The fraction of sp³-hybridized carbons (Fsp3) is 0.429. The number of hydrogen-bond donors (Lipinski definition) is 1. The number of carbonyl (C=O) groups excluding carboxylic acids is 2. The van der Waals surface area contributed by atoms with Gasteiger partial charge in [-0.3, -0.25) is 4.79 Å². The minimum absolute atomic E-state index is 0.0368. The van der Waals surface area contributed by atoms with Gasteiger partial charge in [0, 0.05) is 11.4 Å². The van der Waals surface area contributed by atoms with Crippen LogP contribution in [0, 0.1) is 0 Å². The van der Waals surface area contributed by atoms with Gasteiger partial charge in [-0.25, -0.2) is 4.79 Å². The van der Waals surface area contributed by atoms with E-state index < -0.39 is 11.5 Å². The number of benzene rings is 1. The predicted octanol–water partition coefficient (Wildman–Crippen LogP) is 2.82. The van der Waals surface area contributed by atoms with Gasteiger partial charge < -0.3 is 10.5 Å². The van der Waals surface area contributed by atoms with E-state index in [0.717, 1.165) is 18.4 Å². The van der Waals surface area contributed by atoms with Crippen molar-refractivity contribution in [2.24, 2.45) is 5.73 Å². The molecule has 0 aromatic heterocycles. The largest absolute Gasteiger partial charge is 0.448 e. The fourth-order valence-electron chi connectivity index (χ4n) is 2.65. The molecular formula is C14H16ClNO3. The summed E-state index contributed by atoms with van der Waals surface area (Å²) in [5.41, 5.74) is 4.91. The summed E-state index contributed by atoms with van der Waals surface area (Å²) in [6.07, 6.45) is 2.00. The van der Waals surface area contributed by atoms with Crippen LogP contribution in [-0.2, 0) is 14.9 Å². The first kappa shape index (κ1) is 13.9. The molecule has 1 fully saturated rings. The molecule has 0 aliphatic heterocycles. The number of amides is 1. The Hall–Kier alpha value is -1.55. The predicted molar refractivity (Wildman–Crippen MR) is 72.1 cm³/mol. The van der Waals surface area contributed by atoms with E-state index in [4.69, 9.17) is 22.1 Å². The van der Waals surface area contributed by atoms with Gasteiger partial charge in [0.2, 0.25) is 0 Å². The Morgan fingerprint density at radius 1 is 1.37 bits per heavy atom. The molecule has 1 atom stereocenters. The van der Waals surface area contributed by atoms with E-state index in [2.05, 4.69) is 0 Å². The first-order valence-electron chi connectivity index (χ1n) is 6.27. The number of nitrogens with two attached hydrogens (primary N) is 1. The molecule has 0 bridgehead atoms. The Labute approximate surface area is 116 Å². The van der Waals surface area contributed by atoms with E-state index in [1.54, 1.807) is 6.07 Å². The average molecular weight is 282 g/mol. The Balaban J connectivity index is 2.41. The lowest BCUT2D eigenvalue weighted by Crippen LogP contribution is -2.44. The molecule has 1 aromatic rings. The van der Waals surface area contributed by atoms with Crippen LogP contribution < -0.4 is 5.73 Å². The van der Waals surface area contributed by atoms with Crippen molar-refractivity contribution in [3.8, 4) is 0 Å². The second kappa shape index (κ2) is 5.61. The molecule has 0 radical (unpaired) electrons. The topological polar surface area (TPSA) is 69.4 Å². The summed E-state index contributed by atoms with van der Waals surface area (Å²) in [7, 11) is 0. The molecule has 2 rings (SSSR count). The molecule has 5 heteroatoms. The molecule has 2 N–H and O–H groups in total. The molecule has 4 nitrogen and oxygen atoms in total. The van der Waals surface area contributed by atoms with Gasteiger partial charge in [-0.15, -0.1) is 0 Å². The minimum atomic E-state index is -0.871. The third kappa shape index (κ3) is 2.73. The number of halogens is 1. The lowest BCUT2D eigenvalue weighted by molar-refractivity contribution is -0.128. The summed E-state index contributed by atoms with van der Waals surface area (Å²) >= 11 is 6.20. The van der Waals surface area contributed by atoms with Crippen LogP contribution in [0.2, 0.25) is 5.02 Å². The summed E-state index contributed by atoms with van der Waals surface area (Å²) in [4.78, 5) is 23.3. The van der Waals surface area contributed by atoms with Crippen molar-refractivity contribution in [3.63, 3.8) is 0 Å². The lowest BCUT2D eigenvalue weighted by Gasteiger charge is -2.36. The molecule has 19 heavy (non-hydrogen) atoms. The van der Waals surface area contributed by atoms with E-state index in [1.165, 1.54) is 0 Å². The Kier molecular flexibility index (Phi) is 4.10. The van der Waals surface area contributed by atoms with Crippen LogP contribution >= 0.6 is 11.6 Å². The van der Waals surface area contributed by atoms with Crippen molar-refractivity contribution in [1.29, 1.82) is 0 Å². The first-order valence-corrected chi connectivity index (χ1v) is 6.64. The summed E-state index contributed by atoms with van der Waals surface area (Å²) in [5, 5.41) is 0.519. The van der Waals surface area contributed by atoms with Crippen LogP contribution in [0.5, 0.6) is 0 Å². The third-order valence-corrected chi connectivity index (χ3v) is 3.97. The number of primary amides is 1. The van der Waals surface area contributed by atoms with Gasteiger partial charge in [0.1, 0.15) is 12.4 Å². The lowest BCUT2D eigenvalue weighted by atomic mass is 9.69. The van der Waals surface area contributed by atoms with Crippen molar-refractivity contribution in [2.45, 2.75) is 31.1 Å². The molecule has 1 aliphatic carbocycles. The van der Waals surface area contributed by atoms with E-state index in [9.17, 15) is 9.59 Å². The first-order chi connectivity index (χ1) is 9.06. The normalized spacial score (nSPS) is 23.1. The monoisotopic (exact) mass is 281 g/mol. The van der Waals surface area contributed by atoms with Crippen LogP contribution in [-0.4, -0.2) is 18.5 Å². The van der Waals surface area contributed by atoms with Crippen LogP contribution in [0.25, 0.3) is 0 Å². The number of ketones is 1. The van der Waals surface area contributed by atoms with Crippen molar-refractivity contribution in [2.75, 3.05) is 6.61 Å². The summed E-state index contributed by atoms with van der Waals surface area (Å²) in [6.45, 7) is -0.0368. The molecule has 1 unspecified atom stereocenters. The van der Waals surface area contributed by atoms with Crippen molar-refractivity contribution in [3.05, 3.63) is 34.9 Å². The summed E-state index contributed by atoms with van der Waals surface area (Å²) in [5.74, 6) is 0.0631. The van der Waals surface area contributed by atoms with Crippen LogP contribution in [0.15, 0.2) is 24.3 Å². The molecule has 0 saturated heterocycles. The molecule has 0 heterocycles. The number of rotatable bonds is 3. The Morgan fingerprint density at radius 2 is 2.11 bits per heavy atom. The van der Waals surface area contributed by atoms with E-state index in [0.29, 0.717) is 17.9 Å². The highest BCUT2D eigenvalue weighted by Gasteiger charge is 2.43. The van der Waals surface area contributed by atoms with Crippen molar-refractivity contribution < 1.29 is 14.3 Å². The highest BCUT2D eigenvalue weighted by molar-refractivity contribution is 6.31. The van der Waals surface area contributed by atoms with E-state index in [1.807, 2.05) is 18.2 Å². The van der Waals surface area contributed by atoms with Crippen LogP contribution in [0.4, 0.5) is 4.79 Å². The molecule has 1 aromatic carbocycles. The summed E-state index contributed by atoms with van der Waals surface area (Å²) in [6, 6.07) is 7.19. The van der Waals surface area contributed by atoms with Gasteiger partial charge in [-0.2, -0.15) is 0 Å². The van der Waals surface area contributed by atoms with Crippen LogP contribution in [0.1, 0.15) is 31.2 Å². The highest BCUT2D eigenvalue weighted by atomic mass is 35.5. The molecule has 0 spiro atoms. The van der Waals surface area contributed by atoms with E-state index >= 15 is 0 Å². The van der Waals surface area contributed by atoms with Crippen molar-refractivity contribution >= 4 is 23.5 Å². The number of hydrogen-bond acceptors (Lipinski definition) is 3. The standard InChI is InChI=1S/C14H16ClNO3/c15-11-6-2-1-5-10(11)14(9-19-13(16)18)8-4-3-7-12(14)17/h1-2,5-6H,3-4,7-9H2,(H2,16,18). The maximum atomic E-state index is 12.4. The SMILES string of the molecule is NC(=O)OCC1(c2ccccc2Cl)CCCCC1=O. The number of Topliss-reactive ketones (excluding diaryl/α,β-unsaturated/α-hetero) is 1. The maximum Gasteiger partial charge on any atom is 0.404 e. The molecule has 1 saturated carbocycles. The number of carbonyl (C=O) groups is 2. The smallest absolute Gasteiger partial charge is 0.404 e. The third-order valence-electron chi connectivity index (χ3n) is 3.64. The average Bonchev–Trinajstić information content (AvgIpc) is 2.39. The molecule has 1 aliphatic rings. The Morgan fingerprint density at radius 3 is 2.74 bits per heavy atom. The number of ether oxygens (including phenoxy) is 1. The highest BCUT2D eigenvalue weighted by Crippen LogP contribution is 2.40. The van der Waals surface area contributed by atoms with Gasteiger partial charge in [0.25, 0.3) is 0 Å². The Bertz CT molecular complexity index is 503. The molecular weight excluding hydrogens is 266 g/mol. The van der Waals surface area contributed by atoms with Crippen LogP contribution in [0.3, 0.4) is 0 Å². The zero-order chi connectivity index (χ0) is 13.9. The second-order valence-electron chi connectivity index (χ2n) is 4.80. The zero-order valence-electron chi connectivity index (χ0n) is 10.5. The van der Waals surface area contributed by atoms with E-state index in [-0.39, 0.29) is 12.4 Å².